The van der Waals surface area contributed by atoms with Crippen LogP contribution < -0.4 is 10.5 Å². The Morgan fingerprint density at radius 2 is 1.71 bits per heavy atom. The summed E-state index contributed by atoms with van der Waals surface area (Å²) < 4.78 is 15.9. The first-order valence-electron chi connectivity index (χ1n) is 7.68. The molecule has 0 radical (unpaired) electrons. The molecule has 1 fully saturated rings. The highest BCUT2D eigenvalue weighted by molar-refractivity contribution is 5.36. The summed E-state index contributed by atoms with van der Waals surface area (Å²) >= 11 is 0. The average molecular weight is 293 g/mol. The monoisotopic (exact) mass is 293 g/mol. The van der Waals surface area contributed by atoms with E-state index in [2.05, 4.69) is 18.2 Å². The van der Waals surface area contributed by atoms with Gasteiger partial charge in [-0.3, -0.25) is 0 Å². The van der Waals surface area contributed by atoms with Crippen molar-refractivity contribution in [1.29, 1.82) is 0 Å². The number of nitrogens with two attached hydrogens (primary N) is 1. The predicted molar refractivity (Wildman–Crippen MR) is 83.9 cm³/mol. The molecule has 0 spiro atoms. The summed E-state index contributed by atoms with van der Waals surface area (Å²) in [6, 6.07) is 6.49. The lowest BCUT2D eigenvalue weighted by Gasteiger charge is -2.14. The lowest BCUT2D eigenvalue weighted by atomic mass is 10.00. The fourth-order valence-corrected chi connectivity index (χ4v) is 2.47. The minimum absolute atomic E-state index is 0.0228. The molecule has 0 unspecified atom stereocenters. The molecule has 1 aliphatic rings. The SMILES string of the molecule is COCCCc1cc(CC2(N)CC2)cc(OCCOC)c1. The molecular formula is C17H27NO3. The highest BCUT2D eigenvalue weighted by atomic mass is 16.5. The molecule has 4 heteroatoms. The van der Waals surface area contributed by atoms with E-state index in [1.807, 2.05) is 0 Å². The number of benzene rings is 1. The molecule has 1 aromatic rings. The summed E-state index contributed by atoms with van der Waals surface area (Å²) in [5.74, 6) is 0.918. The number of methoxy groups -OCH3 is 2. The number of hydrogen-bond donors (Lipinski definition) is 1. The van der Waals surface area contributed by atoms with Gasteiger partial charge >= 0.3 is 0 Å². The number of ether oxygens (including phenoxy) is 3. The second kappa shape index (κ2) is 7.78. The summed E-state index contributed by atoms with van der Waals surface area (Å²) in [7, 11) is 3.42. The average Bonchev–Trinajstić information content (AvgIpc) is 3.16. The molecule has 0 bridgehead atoms. The van der Waals surface area contributed by atoms with Gasteiger partial charge in [-0.2, -0.15) is 0 Å². The van der Waals surface area contributed by atoms with Gasteiger partial charge < -0.3 is 19.9 Å². The smallest absolute Gasteiger partial charge is 0.119 e. The molecule has 1 aromatic carbocycles. The minimum atomic E-state index is 0.0228. The van der Waals surface area contributed by atoms with Crippen molar-refractivity contribution in [2.24, 2.45) is 5.73 Å². The number of rotatable bonds is 10. The molecule has 4 nitrogen and oxygen atoms in total. The molecule has 118 valence electrons. The van der Waals surface area contributed by atoms with Crippen LogP contribution in [0.1, 0.15) is 30.4 Å². The molecule has 1 saturated carbocycles. The Balaban J connectivity index is 2.02. The lowest BCUT2D eigenvalue weighted by Crippen LogP contribution is -2.24. The summed E-state index contributed by atoms with van der Waals surface area (Å²) in [6.45, 7) is 1.96. The van der Waals surface area contributed by atoms with E-state index in [0.717, 1.165) is 44.5 Å². The van der Waals surface area contributed by atoms with Crippen molar-refractivity contribution in [2.45, 2.75) is 37.6 Å². The van der Waals surface area contributed by atoms with Gasteiger partial charge in [-0.15, -0.1) is 0 Å². The zero-order valence-corrected chi connectivity index (χ0v) is 13.2. The molecule has 1 aliphatic carbocycles. The fraction of sp³-hybridized carbons (Fsp3) is 0.647. The van der Waals surface area contributed by atoms with Crippen molar-refractivity contribution in [1.82, 2.24) is 0 Å². The molecule has 21 heavy (non-hydrogen) atoms. The van der Waals surface area contributed by atoms with Gasteiger partial charge in [0.15, 0.2) is 0 Å². The van der Waals surface area contributed by atoms with Gasteiger partial charge in [-0.1, -0.05) is 6.07 Å². The molecule has 0 amide bonds. The first-order chi connectivity index (χ1) is 10.1. The summed E-state index contributed by atoms with van der Waals surface area (Å²) in [5.41, 5.74) is 8.83. The molecule has 0 aromatic heterocycles. The quantitative estimate of drug-likeness (QED) is 0.673. The molecule has 2 N–H and O–H groups in total. The highest BCUT2D eigenvalue weighted by Gasteiger charge is 2.38. The van der Waals surface area contributed by atoms with Gasteiger partial charge in [0.25, 0.3) is 0 Å². The van der Waals surface area contributed by atoms with E-state index >= 15 is 0 Å². The first-order valence-corrected chi connectivity index (χ1v) is 7.68. The molecular weight excluding hydrogens is 266 g/mol. The number of aryl methyl sites for hydroxylation is 1. The third-order valence-corrected chi connectivity index (χ3v) is 3.84. The van der Waals surface area contributed by atoms with Gasteiger partial charge in [0.1, 0.15) is 12.4 Å². The maximum absolute atomic E-state index is 6.24. The van der Waals surface area contributed by atoms with Crippen LogP contribution in [0.25, 0.3) is 0 Å². The topological polar surface area (TPSA) is 53.7 Å². The third kappa shape index (κ3) is 5.65. The zero-order chi connectivity index (χ0) is 15.1. The predicted octanol–water partition coefficient (Wildman–Crippen LogP) is 2.32. The Kier molecular flexibility index (Phi) is 6.03. The van der Waals surface area contributed by atoms with Crippen LogP contribution in [-0.2, 0) is 22.3 Å². The Bertz CT molecular complexity index is 415. The second-order valence-electron chi connectivity index (χ2n) is 5.96. The van der Waals surface area contributed by atoms with Gasteiger partial charge in [0, 0.05) is 26.4 Å². The zero-order valence-electron chi connectivity index (χ0n) is 13.2. The minimum Gasteiger partial charge on any atom is -0.491 e. The lowest BCUT2D eigenvalue weighted by molar-refractivity contribution is 0.146. The van der Waals surface area contributed by atoms with Crippen LogP contribution in [0.15, 0.2) is 18.2 Å². The second-order valence-corrected chi connectivity index (χ2v) is 5.96. The van der Waals surface area contributed by atoms with Gasteiger partial charge in [-0.05, 0) is 55.4 Å². The normalized spacial score (nSPS) is 16.0. The van der Waals surface area contributed by atoms with E-state index in [9.17, 15) is 0 Å². The highest BCUT2D eigenvalue weighted by Crippen LogP contribution is 2.36. The standard InChI is InChI=1S/C17H27NO3/c1-19-7-3-4-14-10-15(13-17(18)5-6-17)12-16(11-14)21-9-8-20-2/h10-12H,3-9,13,18H2,1-2H3. The maximum atomic E-state index is 6.24. The van der Waals surface area contributed by atoms with E-state index in [1.165, 1.54) is 11.1 Å². The van der Waals surface area contributed by atoms with Crippen LogP contribution >= 0.6 is 0 Å². The Morgan fingerprint density at radius 3 is 2.38 bits per heavy atom. The summed E-state index contributed by atoms with van der Waals surface area (Å²) in [5, 5.41) is 0. The molecule has 0 saturated heterocycles. The first kappa shape index (κ1) is 16.3. The third-order valence-electron chi connectivity index (χ3n) is 3.84. The molecule has 0 heterocycles. The van der Waals surface area contributed by atoms with Crippen LogP contribution in [0.3, 0.4) is 0 Å². The van der Waals surface area contributed by atoms with Crippen molar-refractivity contribution in [3.05, 3.63) is 29.3 Å². The van der Waals surface area contributed by atoms with E-state index < -0.39 is 0 Å². The number of hydrogen-bond acceptors (Lipinski definition) is 4. The van der Waals surface area contributed by atoms with Crippen LogP contribution in [0.5, 0.6) is 5.75 Å². The van der Waals surface area contributed by atoms with Crippen molar-refractivity contribution in [3.8, 4) is 5.75 Å². The summed E-state index contributed by atoms with van der Waals surface area (Å²) in [4.78, 5) is 0. The van der Waals surface area contributed by atoms with Crippen molar-refractivity contribution in [2.75, 3.05) is 34.0 Å². The Hall–Kier alpha value is -1.10. The van der Waals surface area contributed by atoms with E-state index in [1.54, 1.807) is 14.2 Å². The Morgan fingerprint density at radius 1 is 1.00 bits per heavy atom. The molecule has 0 atom stereocenters. The Labute approximate surface area is 127 Å². The van der Waals surface area contributed by atoms with Crippen molar-refractivity contribution in [3.63, 3.8) is 0 Å². The van der Waals surface area contributed by atoms with Crippen LogP contribution in [0.2, 0.25) is 0 Å². The maximum Gasteiger partial charge on any atom is 0.119 e. The fourth-order valence-electron chi connectivity index (χ4n) is 2.47. The largest absolute Gasteiger partial charge is 0.491 e. The van der Waals surface area contributed by atoms with E-state index in [4.69, 9.17) is 19.9 Å². The van der Waals surface area contributed by atoms with Gasteiger partial charge in [0.2, 0.25) is 0 Å². The van der Waals surface area contributed by atoms with E-state index in [-0.39, 0.29) is 5.54 Å². The van der Waals surface area contributed by atoms with Gasteiger partial charge in [0.05, 0.1) is 6.61 Å². The van der Waals surface area contributed by atoms with Gasteiger partial charge in [-0.25, -0.2) is 0 Å². The van der Waals surface area contributed by atoms with Crippen molar-refractivity contribution < 1.29 is 14.2 Å². The molecule has 2 rings (SSSR count). The van der Waals surface area contributed by atoms with Crippen LogP contribution in [0, 0.1) is 0 Å². The van der Waals surface area contributed by atoms with Crippen LogP contribution in [-0.4, -0.2) is 39.6 Å². The molecule has 0 aliphatic heterocycles. The van der Waals surface area contributed by atoms with Crippen molar-refractivity contribution >= 4 is 0 Å². The van der Waals surface area contributed by atoms with E-state index in [0.29, 0.717) is 13.2 Å². The summed E-state index contributed by atoms with van der Waals surface area (Å²) in [6.07, 6.45) is 5.21. The van der Waals surface area contributed by atoms with Crippen LogP contribution in [0.4, 0.5) is 0 Å².